The average Bonchev–Trinajstić information content (AvgIpc) is 3.08. The predicted molar refractivity (Wildman–Crippen MR) is 102 cm³/mol. The lowest BCUT2D eigenvalue weighted by atomic mass is 10.2. The molecule has 0 radical (unpaired) electrons. The number of benzene rings is 2. The Kier molecular flexibility index (Phi) is 5.83. The van der Waals surface area contributed by atoms with Crippen molar-refractivity contribution < 1.29 is 23.8 Å². The molecule has 0 N–H and O–H groups in total. The van der Waals surface area contributed by atoms with Gasteiger partial charge in [-0.15, -0.1) is 0 Å². The van der Waals surface area contributed by atoms with Gasteiger partial charge in [0, 0.05) is 4.91 Å². The highest BCUT2D eigenvalue weighted by molar-refractivity contribution is 8.03. The summed E-state index contributed by atoms with van der Waals surface area (Å²) in [5.74, 6) is -0.306. The van der Waals surface area contributed by atoms with E-state index in [0.717, 1.165) is 11.8 Å². The molecule has 0 aliphatic carbocycles. The zero-order valence-corrected chi connectivity index (χ0v) is 15.3. The first kappa shape index (κ1) is 18.6. The number of fused-ring (bicyclic) bond motifs is 1. The van der Waals surface area contributed by atoms with Gasteiger partial charge in [0.25, 0.3) is 5.22 Å². The molecule has 3 rings (SSSR count). The van der Waals surface area contributed by atoms with Gasteiger partial charge >= 0.3 is 0 Å². The summed E-state index contributed by atoms with van der Waals surface area (Å²) in [6.07, 6.45) is 3.09. The highest BCUT2D eigenvalue weighted by atomic mass is 32.2. The maximum absolute atomic E-state index is 11.5. The average molecular weight is 382 g/mol. The van der Waals surface area contributed by atoms with Crippen LogP contribution in [-0.4, -0.2) is 24.7 Å². The van der Waals surface area contributed by atoms with E-state index in [1.165, 1.54) is 13.2 Å². The second-order valence-corrected chi connectivity index (χ2v) is 6.35. The third-order valence-electron chi connectivity index (χ3n) is 3.51. The summed E-state index contributed by atoms with van der Waals surface area (Å²) in [4.78, 5) is 15.8. The largest absolute Gasteiger partial charge is 0.544 e. The van der Waals surface area contributed by atoms with Gasteiger partial charge in [0.05, 0.1) is 13.1 Å². The molecule has 0 unspecified atom stereocenters. The van der Waals surface area contributed by atoms with Crippen molar-refractivity contribution in [1.82, 2.24) is 4.98 Å². The number of aliphatic carboxylic acids is 1. The molecule has 0 spiro atoms. The van der Waals surface area contributed by atoms with Crippen molar-refractivity contribution in [1.29, 1.82) is 0 Å². The SMILES string of the molecule is C=CCOc1ccc(/C=C(/Sc2nc3ccccc3o2)C(=O)[O-])cc1OC. The van der Waals surface area contributed by atoms with Crippen LogP contribution in [0.15, 0.2) is 69.7 Å². The molecule has 0 aliphatic heterocycles. The van der Waals surface area contributed by atoms with Crippen molar-refractivity contribution >= 4 is 34.9 Å². The van der Waals surface area contributed by atoms with Gasteiger partial charge in [-0.3, -0.25) is 0 Å². The van der Waals surface area contributed by atoms with Gasteiger partial charge < -0.3 is 23.8 Å². The Balaban J connectivity index is 1.88. The number of methoxy groups -OCH3 is 1. The zero-order valence-electron chi connectivity index (χ0n) is 14.5. The molecule has 3 aromatic rings. The summed E-state index contributed by atoms with van der Waals surface area (Å²) in [5, 5.41) is 11.8. The van der Waals surface area contributed by atoms with Crippen molar-refractivity contribution in [3.05, 3.63) is 65.6 Å². The van der Waals surface area contributed by atoms with Crippen molar-refractivity contribution in [2.45, 2.75) is 5.22 Å². The normalized spacial score (nSPS) is 11.4. The molecule has 0 saturated carbocycles. The Labute approximate surface area is 160 Å². The number of carbonyl (C=O) groups is 1. The highest BCUT2D eigenvalue weighted by Gasteiger charge is 2.11. The van der Waals surface area contributed by atoms with Gasteiger partial charge in [0.1, 0.15) is 12.1 Å². The van der Waals surface area contributed by atoms with Crippen LogP contribution in [0.5, 0.6) is 11.5 Å². The molecule has 1 aromatic heterocycles. The molecule has 0 saturated heterocycles. The second-order valence-electron chi connectivity index (χ2n) is 5.36. The van der Waals surface area contributed by atoms with Crippen LogP contribution in [0.25, 0.3) is 17.2 Å². The smallest absolute Gasteiger partial charge is 0.261 e. The van der Waals surface area contributed by atoms with Crippen LogP contribution in [0.2, 0.25) is 0 Å². The molecule has 6 nitrogen and oxygen atoms in total. The van der Waals surface area contributed by atoms with E-state index in [0.29, 0.717) is 34.8 Å². The van der Waals surface area contributed by atoms with Crippen LogP contribution in [0, 0.1) is 0 Å². The van der Waals surface area contributed by atoms with Crippen molar-refractivity contribution in [2.24, 2.45) is 0 Å². The lowest BCUT2D eigenvalue weighted by molar-refractivity contribution is -0.298. The number of oxazole rings is 1. The van der Waals surface area contributed by atoms with E-state index in [9.17, 15) is 9.90 Å². The number of carboxylic acid groups (broad SMARTS) is 1. The molecule has 1 heterocycles. The van der Waals surface area contributed by atoms with Crippen molar-refractivity contribution in [3.8, 4) is 11.5 Å². The number of rotatable bonds is 8. The summed E-state index contributed by atoms with van der Waals surface area (Å²) in [6, 6.07) is 12.3. The first-order chi connectivity index (χ1) is 13.1. The Morgan fingerprint density at radius 3 is 2.81 bits per heavy atom. The molecular weight excluding hydrogens is 366 g/mol. The quantitative estimate of drug-likeness (QED) is 0.336. The van der Waals surface area contributed by atoms with Crippen LogP contribution in [0.4, 0.5) is 0 Å². The first-order valence-corrected chi connectivity index (χ1v) is 8.80. The summed E-state index contributed by atoms with van der Waals surface area (Å²) in [5.41, 5.74) is 1.85. The molecule has 7 heteroatoms. The lowest BCUT2D eigenvalue weighted by Crippen LogP contribution is -2.23. The molecule has 27 heavy (non-hydrogen) atoms. The van der Waals surface area contributed by atoms with Crippen LogP contribution in [0.3, 0.4) is 0 Å². The van der Waals surface area contributed by atoms with Gasteiger partial charge in [-0.1, -0.05) is 30.9 Å². The predicted octanol–water partition coefficient (Wildman–Crippen LogP) is 3.28. The summed E-state index contributed by atoms with van der Waals surface area (Å²) in [7, 11) is 1.51. The summed E-state index contributed by atoms with van der Waals surface area (Å²) in [6.45, 7) is 3.93. The fourth-order valence-electron chi connectivity index (χ4n) is 2.31. The number of carbonyl (C=O) groups excluding carboxylic acids is 1. The number of ether oxygens (including phenoxy) is 2. The maximum Gasteiger partial charge on any atom is 0.261 e. The van der Waals surface area contributed by atoms with E-state index in [1.807, 2.05) is 12.1 Å². The standard InChI is InChI=1S/C20H17NO5S/c1-3-10-25-16-9-8-13(11-17(16)24-2)12-18(19(22)23)27-20-21-14-6-4-5-7-15(14)26-20/h3-9,11-12H,1,10H2,2H3,(H,22,23)/p-1/b18-12+. The van der Waals surface area contributed by atoms with E-state index in [2.05, 4.69) is 11.6 Å². The number of nitrogens with zero attached hydrogens (tertiary/aromatic N) is 1. The third-order valence-corrected chi connectivity index (χ3v) is 4.37. The number of carboxylic acids is 1. The Morgan fingerprint density at radius 2 is 2.11 bits per heavy atom. The van der Waals surface area contributed by atoms with Gasteiger partial charge in [-0.2, -0.15) is 0 Å². The van der Waals surface area contributed by atoms with Gasteiger partial charge in [-0.25, -0.2) is 4.98 Å². The molecule has 138 valence electrons. The molecule has 0 aliphatic rings. The summed E-state index contributed by atoms with van der Waals surface area (Å²) < 4.78 is 16.3. The Bertz CT molecular complexity index is 976. The Hall–Kier alpha value is -3.19. The number of thioether (sulfide) groups is 1. The highest BCUT2D eigenvalue weighted by Crippen LogP contribution is 2.33. The zero-order chi connectivity index (χ0) is 19.2. The van der Waals surface area contributed by atoms with E-state index in [4.69, 9.17) is 13.9 Å². The fourth-order valence-corrected chi connectivity index (χ4v) is 3.05. The van der Waals surface area contributed by atoms with Gasteiger partial charge in [0.2, 0.25) is 0 Å². The molecular formula is C20H16NO5S-. The molecule has 0 bridgehead atoms. The van der Waals surface area contributed by atoms with Crippen LogP contribution < -0.4 is 14.6 Å². The van der Waals surface area contributed by atoms with Gasteiger partial charge in [0.15, 0.2) is 17.1 Å². The minimum absolute atomic E-state index is 0.0385. The molecule has 0 atom stereocenters. The van der Waals surface area contributed by atoms with Crippen molar-refractivity contribution in [2.75, 3.05) is 13.7 Å². The Morgan fingerprint density at radius 1 is 1.30 bits per heavy atom. The van der Waals surface area contributed by atoms with Crippen LogP contribution in [0.1, 0.15) is 5.56 Å². The van der Waals surface area contributed by atoms with Crippen LogP contribution in [-0.2, 0) is 4.79 Å². The summed E-state index contributed by atoms with van der Waals surface area (Å²) >= 11 is 0.885. The van der Waals surface area contributed by atoms with E-state index < -0.39 is 5.97 Å². The van der Waals surface area contributed by atoms with E-state index >= 15 is 0 Å². The first-order valence-electron chi connectivity index (χ1n) is 7.99. The second kappa shape index (κ2) is 8.46. The van der Waals surface area contributed by atoms with E-state index in [-0.39, 0.29) is 10.1 Å². The van der Waals surface area contributed by atoms with Crippen molar-refractivity contribution in [3.63, 3.8) is 0 Å². The topological polar surface area (TPSA) is 84.6 Å². The van der Waals surface area contributed by atoms with Crippen LogP contribution >= 0.6 is 11.8 Å². The monoisotopic (exact) mass is 382 g/mol. The maximum atomic E-state index is 11.5. The van der Waals surface area contributed by atoms with E-state index in [1.54, 1.807) is 36.4 Å². The lowest BCUT2D eigenvalue weighted by Gasteiger charge is -2.11. The minimum atomic E-state index is -1.33. The number of hydrogen-bond donors (Lipinski definition) is 0. The number of hydrogen-bond acceptors (Lipinski definition) is 7. The molecule has 2 aromatic carbocycles. The number of para-hydroxylation sites is 2. The number of aromatic nitrogens is 1. The molecule has 0 amide bonds. The fraction of sp³-hybridized carbons (Fsp3) is 0.100. The third kappa shape index (κ3) is 4.51. The minimum Gasteiger partial charge on any atom is -0.544 e. The van der Waals surface area contributed by atoms with Gasteiger partial charge in [-0.05, 0) is 47.7 Å². The molecule has 0 fully saturated rings.